The van der Waals surface area contributed by atoms with Crippen molar-refractivity contribution in [2.24, 2.45) is 16.6 Å². The van der Waals surface area contributed by atoms with Gasteiger partial charge in [-0.25, -0.2) is 4.99 Å². The topological polar surface area (TPSA) is 47.6 Å². The second-order valence-electron chi connectivity index (χ2n) is 4.41. The van der Waals surface area contributed by atoms with Crippen LogP contribution < -0.4 is 5.73 Å². The number of hydrogen-bond donors (Lipinski definition) is 1. The summed E-state index contributed by atoms with van der Waals surface area (Å²) >= 11 is 0. The van der Waals surface area contributed by atoms with E-state index in [9.17, 15) is 0 Å². The van der Waals surface area contributed by atoms with Gasteiger partial charge in [-0.15, -0.1) is 0 Å². The fourth-order valence-electron chi connectivity index (χ4n) is 2.41. The van der Waals surface area contributed by atoms with Crippen LogP contribution in [0.25, 0.3) is 0 Å². The highest BCUT2D eigenvalue weighted by atomic mass is 16.5. The van der Waals surface area contributed by atoms with Crippen LogP contribution in [0.1, 0.15) is 39.0 Å². The van der Waals surface area contributed by atoms with Crippen molar-refractivity contribution in [1.29, 1.82) is 0 Å². The molecule has 2 N–H and O–H groups in total. The van der Waals surface area contributed by atoms with Crippen molar-refractivity contribution >= 4 is 5.90 Å². The maximum absolute atomic E-state index is 5.83. The van der Waals surface area contributed by atoms with Gasteiger partial charge in [-0.2, -0.15) is 0 Å². The van der Waals surface area contributed by atoms with E-state index in [-0.39, 0.29) is 0 Å². The molecule has 2 rings (SSSR count). The second-order valence-corrected chi connectivity index (χ2v) is 4.41. The lowest BCUT2D eigenvalue weighted by Crippen LogP contribution is -2.33. The van der Waals surface area contributed by atoms with Crippen LogP contribution in [0.5, 0.6) is 0 Å². The molecule has 14 heavy (non-hydrogen) atoms. The molecule has 3 nitrogen and oxygen atoms in total. The minimum Gasteiger partial charge on any atom is -0.475 e. The van der Waals surface area contributed by atoms with Crippen LogP contribution in [0, 0.1) is 5.92 Å². The molecule has 2 aliphatic rings. The van der Waals surface area contributed by atoms with E-state index in [0.717, 1.165) is 31.7 Å². The van der Waals surface area contributed by atoms with Gasteiger partial charge in [0.05, 0.1) is 6.04 Å². The smallest absolute Gasteiger partial charge is 0.183 e. The van der Waals surface area contributed by atoms with E-state index < -0.39 is 0 Å². The fraction of sp³-hybridized carbons (Fsp3) is 0.909. The molecule has 0 aromatic rings. The molecule has 3 unspecified atom stereocenters. The van der Waals surface area contributed by atoms with Gasteiger partial charge in [-0.1, -0.05) is 6.92 Å². The van der Waals surface area contributed by atoms with Gasteiger partial charge in [0.2, 0.25) is 0 Å². The number of rotatable bonds is 3. The van der Waals surface area contributed by atoms with Gasteiger partial charge in [0.25, 0.3) is 0 Å². The maximum Gasteiger partial charge on any atom is 0.183 e. The number of nitrogens with two attached hydrogens (primary N) is 1. The van der Waals surface area contributed by atoms with Crippen LogP contribution in [0.2, 0.25) is 0 Å². The molecule has 1 aliphatic carbocycles. The Morgan fingerprint density at radius 3 is 3.07 bits per heavy atom. The zero-order valence-corrected chi connectivity index (χ0v) is 8.91. The molecule has 0 bridgehead atoms. The van der Waals surface area contributed by atoms with Crippen LogP contribution in [0.4, 0.5) is 0 Å². The average Bonchev–Trinajstić information content (AvgIpc) is 2.59. The van der Waals surface area contributed by atoms with Crippen molar-refractivity contribution in [3.63, 3.8) is 0 Å². The molecule has 1 aliphatic heterocycles. The number of hydrogen-bond acceptors (Lipinski definition) is 3. The lowest BCUT2D eigenvalue weighted by molar-refractivity contribution is 0.120. The molecule has 3 atom stereocenters. The Labute approximate surface area is 85.7 Å². The Balaban J connectivity index is 1.91. The molecule has 1 fully saturated rings. The third kappa shape index (κ3) is 1.92. The molecule has 80 valence electrons. The monoisotopic (exact) mass is 196 g/mol. The summed E-state index contributed by atoms with van der Waals surface area (Å²) < 4.78 is 5.83. The third-order valence-electron chi connectivity index (χ3n) is 3.26. The van der Waals surface area contributed by atoms with Crippen molar-refractivity contribution in [3.8, 4) is 0 Å². The lowest BCUT2D eigenvalue weighted by atomic mass is 9.84. The molecule has 0 amide bonds. The molecular weight excluding hydrogens is 176 g/mol. The van der Waals surface area contributed by atoms with E-state index in [1.54, 1.807) is 0 Å². The van der Waals surface area contributed by atoms with E-state index >= 15 is 0 Å². The van der Waals surface area contributed by atoms with Gasteiger partial charge < -0.3 is 10.5 Å². The van der Waals surface area contributed by atoms with E-state index in [4.69, 9.17) is 10.5 Å². The van der Waals surface area contributed by atoms with Gasteiger partial charge >= 0.3 is 0 Å². The van der Waals surface area contributed by atoms with Gasteiger partial charge in [-0.3, -0.25) is 0 Å². The van der Waals surface area contributed by atoms with E-state index in [1.165, 1.54) is 12.8 Å². The zero-order chi connectivity index (χ0) is 9.97. The van der Waals surface area contributed by atoms with Crippen molar-refractivity contribution in [3.05, 3.63) is 0 Å². The Hall–Kier alpha value is -0.570. The number of fused-ring (bicyclic) bond motifs is 1. The molecule has 0 saturated heterocycles. The van der Waals surface area contributed by atoms with Gasteiger partial charge in [-0.05, 0) is 38.1 Å². The Morgan fingerprint density at radius 1 is 1.50 bits per heavy atom. The number of aliphatic imine (C=N–C) groups is 1. The lowest BCUT2D eigenvalue weighted by Gasteiger charge is -2.28. The van der Waals surface area contributed by atoms with Crippen molar-refractivity contribution in [2.75, 3.05) is 6.54 Å². The first-order chi connectivity index (χ1) is 6.83. The SMILES string of the molecule is CCCC1=NC2CCC(CN)CC2O1. The Morgan fingerprint density at radius 2 is 2.36 bits per heavy atom. The molecule has 3 heteroatoms. The van der Waals surface area contributed by atoms with Crippen molar-refractivity contribution in [1.82, 2.24) is 0 Å². The van der Waals surface area contributed by atoms with Crippen molar-refractivity contribution in [2.45, 2.75) is 51.2 Å². The summed E-state index contributed by atoms with van der Waals surface area (Å²) in [7, 11) is 0. The van der Waals surface area contributed by atoms with Crippen LogP contribution >= 0.6 is 0 Å². The summed E-state index contributed by atoms with van der Waals surface area (Å²) in [5.74, 6) is 1.65. The average molecular weight is 196 g/mol. The highest BCUT2D eigenvalue weighted by Gasteiger charge is 2.35. The minimum absolute atomic E-state index is 0.346. The molecule has 0 aromatic carbocycles. The molecule has 0 aromatic heterocycles. The zero-order valence-electron chi connectivity index (χ0n) is 8.91. The highest BCUT2D eigenvalue weighted by molar-refractivity contribution is 5.78. The summed E-state index contributed by atoms with van der Waals surface area (Å²) in [5.41, 5.74) is 5.69. The van der Waals surface area contributed by atoms with Crippen molar-refractivity contribution < 1.29 is 4.74 Å². The summed E-state index contributed by atoms with van der Waals surface area (Å²) in [5, 5.41) is 0. The largest absolute Gasteiger partial charge is 0.475 e. The first-order valence-corrected chi connectivity index (χ1v) is 5.77. The van der Waals surface area contributed by atoms with E-state index in [2.05, 4.69) is 11.9 Å². The van der Waals surface area contributed by atoms with E-state index in [0.29, 0.717) is 18.1 Å². The predicted molar refractivity (Wildman–Crippen MR) is 57.4 cm³/mol. The fourth-order valence-corrected chi connectivity index (χ4v) is 2.41. The summed E-state index contributed by atoms with van der Waals surface area (Å²) in [4.78, 5) is 4.62. The van der Waals surface area contributed by atoms with Crippen LogP contribution in [0.3, 0.4) is 0 Å². The predicted octanol–water partition coefficient (Wildman–Crippen LogP) is 1.71. The van der Waals surface area contributed by atoms with Gasteiger partial charge in [0, 0.05) is 6.42 Å². The molecular formula is C11H20N2O. The normalized spacial score (nSPS) is 36.1. The van der Waals surface area contributed by atoms with Crippen LogP contribution in [-0.4, -0.2) is 24.6 Å². The first kappa shape index (κ1) is 9.97. The Kier molecular flexibility index (Phi) is 3.06. The summed E-state index contributed by atoms with van der Waals surface area (Å²) in [6.07, 6.45) is 5.97. The third-order valence-corrected chi connectivity index (χ3v) is 3.26. The van der Waals surface area contributed by atoms with E-state index in [1.807, 2.05) is 0 Å². The van der Waals surface area contributed by atoms with Gasteiger partial charge in [0.15, 0.2) is 5.90 Å². The summed E-state index contributed by atoms with van der Waals surface area (Å²) in [6.45, 7) is 2.96. The Bertz CT molecular complexity index is 227. The van der Waals surface area contributed by atoms with Crippen LogP contribution in [-0.2, 0) is 4.74 Å². The molecule has 1 heterocycles. The quantitative estimate of drug-likeness (QED) is 0.747. The number of ether oxygens (including phenoxy) is 1. The minimum atomic E-state index is 0.346. The molecule has 0 radical (unpaired) electrons. The maximum atomic E-state index is 5.83. The summed E-state index contributed by atoms with van der Waals surface area (Å²) in [6, 6.07) is 0.444. The number of nitrogens with zero attached hydrogens (tertiary/aromatic N) is 1. The van der Waals surface area contributed by atoms with Crippen LogP contribution in [0.15, 0.2) is 4.99 Å². The molecule has 1 saturated carbocycles. The second kappa shape index (κ2) is 4.30. The first-order valence-electron chi connectivity index (χ1n) is 5.77. The molecule has 0 spiro atoms. The van der Waals surface area contributed by atoms with Gasteiger partial charge in [0.1, 0.15) is 6.10 Å². The highest BCUT2D eigenvalue weighted by Crippen LogP contribution is 2.32. The standard InChI is InChI=1S/C11H20N2O/c1-2-3-11-13-9-5-4-8(7-12)6-10(9)14-11/h8-10H,2-7,12H2,1H3.